The number of rotatable bonds is 5. The van der Waals surface area contributed by atoms with Crippen molar-refractivity contribution < 1.29 is 4.79 Å². The number of hydrogen-bond donors (Lipinski definition) is 1. The number of carbonyl (C=O) groups is 1. The van der Waals surface area contributed by atoms with E-state index in [1.54, 1.807) is 18.2 Å². The number of hydrogen-bond acceptors (Lipinski definition) is 1. The van der Waals surface area contributed by atoms with E-state index >= 15 is 0 Å². The Morgan fingerprint density at radius 3 is 3.00 bits per heavy atom. The van der Waals surface area contributed by atoms with Crippen molar-refractivity contribution in [2.75, 3.05) is 6.54 Å². The van der Waals surface area contributed by atoms with Crippen LogP contribution in [0.3, 0.4) is 0 Å². The van der Waals surface area contributed by atoms with Crippen molar-refractivity contribution in [1.29, 1.82) is 0 Å². The predicted molar refractivity (Wildman–Crippen MR) is 63.0 cm³/mol. The van der Waals surface area contributed by atoms with Crippen LogP contribution in [0.25, 0.3) is 0 Å². The smallest absolute Gasteiger partial charge is 0.224 e. The zero-order valence-electron chi connectivity index (χ0n) is 8.50. The highest BCUT2D eigenvalue weighted by Gasteiger charge is 2.02. The lowest BCUT2D eigenvalue weighted by Gasteiger charge is -2.03. The van der Waals surface area contributed by atoms with Crippen molar-refractivity contribution >= 4 is 17.5 Å². The van der Waals surface area contributed by atoms with Crippen molar-refractivity contribution in [2.45, 2.75) is 12.8 Å². The maximum atomic E-state index is 11.4. The molecule has 2 nitrogen and oxygen atoms in total. The molecular weight excluding hydrogens is 210 g/mol. The largest absolute Gasteiger partial charge is 0.356 e. The van der Waals surface area contributed by atoms with E-state index in [0.717, 1.165) is 12.0 Å². The SMILES string of the molecule is C=CCCNC(=O)Cc1cccc(Cl)c1. The van der Waals surface area contributed by atoms with Crippen LogP contribution in [0.15, 0.2) is 36.9 Å². The molecule has 0 aromatic heterocycles. The van der Waals surface area contributed by atoms with E-state index in [1.165, 1.54) is 0 Å². The van der Waals surface area contributed by atoms with Gasteiger partial charge < -0.3 is 5.32 Å². The molecule has 1 N–H and O–H groups in total. The van der Waals surface area contributed by atoms with Gasteiger partial charge in [0.15, 0.2) is 0 Å². The Hall–Kier alpha value is -1.28. The molecular formula is C12H14ClNO. The number of halogens is 1. The van der Waals surface area contributed by atoms with Gasteiger partial charge in [0, 0.05) is 11.6 Å². The van der Waals surface area contributed by atoms with Gasteiger partial charge in [0.2, 0.25) is 5.91 Å². The maximum absolute atomic E-state index is 11.4. The Morgan fingerprint density at radius 2 is 2.33 bits per heavy atom. The standard InChI is InChI=1S/C12H14ClNO/c1-2-3-7-14-12(15)9-10-5-4-6-11(13)8-10/h2,4-6,8H,1,3,7,9H2,(H,14,15). The molecule has 0 aliphatic heterocycles. The van der Waals surface area contributed by atoms with E-state index in [2.05, 4.69) is 11.9 Å². The molecule has 1 rings (SSSR count). The van der Waals surface area contributed by atoms with Gasteiger partial charge in [-0.05, 0) is 24.1 Å². The summed E-state index contributed by atoms with van der Waals surface area (Å²) in [6.45, 7) is 4.23. The van der Waals surface area contributed by atoms with Gasteiger partial charge in [-0.3, -0.25) is 4.79 Å². The summed E-state index contributed by atoms with van der Waals surface area (Å²) in [6, 6.07) is 7.32. The molecule has 1 aromatic rings. The van der Waals surface area contributed by atoms with E-state index in [0.29, 0.717) is 18.0 Å². The van der Waals surface area contributed by atoms with E-state index in [-0.39, 0.29) is 5.91 Å². The Kier molecular flexibility index (Phi) is 4.91. The first-order valence-corrected chi connectivity index (χ1v) is 5.22. The minimum absolute atomic E-state index is 0.0131. The van der Waals surface area contributed by atoms with Gasteiger partial charge in [-0.2, -0.15) is 0 Å². The first-order chi connectivity index (χ1) is 7.22. The Labute approximate surface area is 94.9 Å². The molecule has 0 fully saturated rings. The van der Waals surface area contributed by atoms with Gasteiger partial charge in [0.05, 0.1) is 6.42 Å². The average molecular weight is 224 g/mol. The van der Waals surface area contributed by atoms with Crippen molar-refractivity contribution in [2.24, 2.45) is 0 Å². The summed E-state index contributed by atoms with van der Waals surface area (Å²) in [7, 11) is 0. The molecule has 0 atom stereocenters. The van der Waals surface area contributed by atoms with Crippen molar-refractivity contribution in [1.82, 2.24) is 5.32 Å². The minimum atomic E-state index is 0.0131. The highest BCUT2D eigenvalue weighted by molar-refractivity contribution is 6.30. The quantitative estimate of drug-likeness (QED) is 0.603. The van der Waals surface area contributed by atoms with Gasteiger partial charge in [-0.25, -0.2) is 0 Å². The third-order valence-electron chi connectivity index (χ3n) is 1.92. The van der Waals surface area contributed by atoms with Crippen LogP contribution in [0.5, 0.6) is 0 Å². The Bertz CT molecular complexity index is 349. The molecule has 15 heavy (non-hydrogen) atoms. The van der Waals surface area contributed by atoms with Crippen molar-refractivity contribution in [3.8, 4) is 0 Å². The van der Waals surface area contributed by atoms with Crippen LogP contribution in [0.4, 0.5) is 0 Å². The summed E-state index contributed by atoms with van der Waals surface area (Å²) >= 11 is 5.81. The Balaban J connectivity index is 2.40. The van der Waals surface area contributed by atoms with Crippen LogP contribution < -0.4 is 5.32 Å². The van der Waals surface area contributed by atoms with E-state index in [9.17, 15) is 4.79 Å². The molecule has 0 radical (unpaired) electrons. The second-order valence-electron chi connectivity index (χ2n) is 3.23. The van der Waals surface area contributed by atoms with Gasteiger partial charge in [0.1, 0.15) is 0 Å². The summed E-state index contributed by atoms with van der Waals surface area (Å²) < 4.78 is 0. The molecule has 0 aliphatic rings. The fourth-order valence-electron chi connectivity index (χ4n) is 1.21. The molecule has 3 heteroatoms. The van der Waals surface area contributed by atoms with Crippen LogP contribution in [-0.2, 0) is 11.2 Å². The highest BCUT2D eigenvalue weighted by atomic mass is 35.5. The summed E-state index contributed by atoms with van der Waals surface area (Å²) in [5.74, 6) is 0.0131. The molecule has 0 bridgehead atoms. The second-order valence-corrected chi connectivity index (χ2v) is 3.67. The summed E-state index contributed by atoms with van der Waals surface area (Å²) in [4.78, 5) is 11.4. The first kappa shape index (κ1) is 11.8. The summed E-state index contributed by atoms with van der Waals surface area (Å²) in [6.07, 6.45) is 2.94. The van der Waals surface area contributed by atoms with E-state index in [4.69, 9.17) is 11.6 Å². The van der Waals surface area contributed by atoms with Crippen LogP contribution in [-0.4, -0.2) is 12.5 Å². The molecule has 0 spiro atoms. The average Bonchev–Trinajstić information content (AvgIpc) is 2.18. The van der Waals surface area contributed by atoms with E-state index < -0.39 is 0 Å². The normalized spacial score (nSPS) is 9.67. The molecule has 0 heterocycles. The molecule has 0 saturated carbocycles. The number of nitrogens with one attached hydrogen (secondary N) is 1. The lowest BCUT2D eigenvalue weighted by Crippen LogP contribution is -2.25. The number of carbonyl (C=O) groups excluding carboxylic acids is 1. The number of benzene rings is 1. The van der Waals surface area contributed by atoms with Crippen LogP contribution in [0.1, 0.15) is 12.0 Å². The molecule has 0 unspecified atom stereocenters. The zero-order valence-corrected chi connectivity index (χ0v) is 9.26. The van der Waals surface area contributed by atoms with Gasteiger partial charge >= 0.3 is 0 Å². The number of amides is 1. The molecule has 0 aliphatic carbocycles. The minimum Gasteiger partial charge on any atom is -0.356 e. The topological polar surface area (TPSA) is 29.1 Å². The third-order valence-corrected chi connectivity index (χ3v) is 2.16. The lowest BCUT2D eigenvalue weighted by atomic mass is 10.1. The van der Waals surface area contributed by atoms with Gasteiger partial charge in [0.25, 0.3) is 0 Å². The van der Waals surface area contributed by atoms with Crippen molar-refractivity contribution in [3.63, 3.8) is 0 Å². The molecule has 80 valence electrons. The van der Waals surface area contributed by atoms with Gasteiger partial charge in [-0.1, -0.05) is 29.8 Å². The summed E-state index contributed by atoms with van der Waals surface area (Å²) in [5.41, 5.74) is 0.929. The zero-order chi connectivity index (χ0) is 11.1. The lowest BCUT2D eigenvalue weighted by molar-refractivity contribution is -0.120. The fourth-order valence-corrected chi connectivity index (χ4v) is 1.42. The monoisotopic (exact) mass is 223 g/mol. The molecule has 1 aromatic carbocycles. The van der Waals surface area contributed by atoms with Crippen LogP contribution in [0.2, 0.25) is 5.02 Å². The third kappa shape index (κ3) is 4.66. The highest BCUT2D eigenvalue weighted by Crippen LogP contribution is 2.10. The first-order valence-electron chi connectivity index (χ1n) is 4.84. The maximum Gasteiger partial charge on any atom is 0.224 e. The van der Waals surface area contributed by atoms with E-state index in [1.807, 2.05) is 12.1 Å². The Morgan fingerprint density at radius 1 is 1.53 bits per heavy atom. The fraction of sp³-hybridized carbons (Fsp3) is 0.250. The summed E-state index contributed by atoms with van der Waals surface area (Å²) in [5, 5.41) is 3.46. The van der Waals surface area contributed by atoms with Crippen molar-refractivity contribution in [3.05, 3.63) is 47.5 Å². The van der Waals surface area contributed by atoms with Crippen LogP contribution >= 0.6 is 11.6 Å². The van der Waals surface area contributed by atoms with Crippen LogP contribution in [0, 0.1) is 0 Å². The molecule has 0 saturated heterocycles. The second kappa shape index (κ2) is 6.25. The predicted octanol–water partition coefficient (Wildman–Crippen LogP) is 2.57. The van der Waals surface area contributed by atoms with Gasteiger partial charge in [-0.15, -0.1) is 6.58 Å². The molecule has 1 amide bonds.